The van der Waals surface area contributed by atoms with Gasteiger partial charge in [-0.15, -0.1) is 39.8 Å². The van der Waals surface area contributed by atoms with Crippen molar-refractivity contribution < 1.29 is 33.4 Å². The van der Waals surface area contributed by atoms with Crippen LogP contribution in [-0.4, -0.2) is 94.3 Å². The summed E-state index contributed by atoms with van der Waals surface area (Å²) < 4.78 is 13.1. The lowest BCUT2D eigenvalue weighted by atomic mass is 10.0. The van der Waals surface area contributed by atoms with Crippen molar-refractivity contribution in [3.8, 4) is 0 Å². The number of anilines is 1. The summed E-state index contributed by atoms with van der Waals surface area (Å²) in [6, 6.07) is 16.1. The van der Waals surface area contributed by atoms with Crippen molar-refractivity contribution in [2.75, 3.05) is 22.7 Å². The van der Waals surface area contributed by atoms with E-state index in [4.69, 9.17) is 21.1 Å². The monoisotopic (exact) mass is 825 g/mol. The summed E-state index contributed by atoms with van der Waals surface area (Å²) >= 11 is 9.29. The first-order valence-electron chi connectivity index (χ1n) is 16.8. The second kappa shape index (κ2) is 17.2. The maximum atomic E-state index is 14.4. The maximum Gasteiger partial charge on any atom is 0.408 e. The number of esters is 1. The fourth-order valence-electron chi connectivity index (χ4n) is 5.59. The third kappa shape index (κ3) is 9.46. The topological polar surface area (TPSA) is 200 Å². The van der Waals surface area contributed by atoms with Crippen LogP contribution in [0.25, 0.3) is 0 Å². The molecule has 2 aliphatic heterocycles. The number of fused-ring (bicyclic) bond motifs is 1. The number of amides is 4. The number of aromatic nitrogens is 5. The fourth-order valence-corrected chi connectivity index (χ4v) is 8.74. The van der Waals surface area contributed by atoms with Crippen molar-refractivity contribution >= 4 is 81.4 Å². The van der Waals surface area contributed by atoms with Crippen molar-refractivity contribution in [3.05, 3.63) is 94.1 Å². The molecule has 55 heavy (non-hydrogen) atoms. The number of thioether (sulfide) groups is 2. The molecule has 16 nitrogen and oxygen atoms in total. The lowest BCUT2D eigenvalue weighted by Crippen LogP contribution is -2.71. The molecular weight excluding hydrogens is 790 g/mol. The second-order valence-corrected chi connectivity index (χ2v) is 16.3. The number of tetrazole rings is 1. The molecule has 0 aliphatic carbocycles. The molecule has 2 aromatic carbocycles. The van der Waals surface area contributed by atoms with Gasteiger partial charge < -0.3 is 25.4 Å². The molecule has 1 unspecified atom stereocenters. The van der Waals surface area contributed by atoms with Gasteiger partial charge in [0.1, 0.15) is 28.6 Å². The van der Waals surface area contributed by atoms with E-state index in [1.54, 1.807) is 27.8 Å². The molecule has 4 aromatic rings. The first kappa shape index (κ1) is 39.7. The van der Waals surface area contributed by atoms with Gasteiger partial charge >= 0.3 is 12.1 Å². The summed E-state index contributed by atoms with van der Waals surface area (Å²) in [5.74, 6) is -2.26. The van der Waals surface area contributed by atoms with E-state index in [-0.39, 0.29) is 28.2 Å². The summed E-state index contributed by atoms with van der Waals surface area (Å²) in [6.45, 7) is 5.00. The van der Waals surface area contributed by atoms with Gasteiger partial charge in [0.2, 0.25) is 17.0 Å². The van der Waals surface area contributed by atoms with E-state index in [1.165, 1.54) is 38.5 Å². The van der Waals surface area contributed by atoms with Gasteiger partial charge in [-0.1, -0.05) is 72.4 Å². The van der Waals surface area contributed by atoms with E-state index in [0.29, 0.717) is 16.5 Å². The zero-order chi connectivity index (χ0) is 39.3. The SMILES string of the molecule is Cn1nnnc1SCC1=C(C(=O)OC(c2ccccc2)c2ccccc2)N2C(=O)[C@@H](NC(=O)C(NC(=O)OC(C)(C)C)c3csc(NC(=O)CCl)n3)[C@@H]2SC1. The van der Waals surface area contributed by atoms with Crippen LogP contribution in [0.4, 0.5) is 9.93 Å². The zero-order valence-electron chi connectivity index (χ0n) is 29.9. The molecule has 0 radical (unpaired) electrons. The maximum absolute atomic E-state index is 14.4. The Labute approximate surface area is 333 Å². The fraction of sp³-hybridized carbons (Fsp3) is 0.343. The molecule has 0 spiro atoms. The first-order chi connectivity index (χ1) is 26.3. The van der Waals surface area contributed by atoms with Crippen LogP contribution < -0.4 is 16.0 Å². The van der Waals surface area contributed by atoms with Gasteiger partial charge in [0.25, 0.3) is 5.91 Å². The standard InChI is InChI=1S/C35H36ClN9O7S3/c1-35(2,3)52-34(50)40-24(22-18-54-32(37-22)38-23(46)15-36)28(47)39-25-29(48)45-26(21(16-53-30(25)45)17-55-33-41-42-43-44(33)4)31(49)51-27(19-11-7-5-8-12-19)20-13-9-6-10-14-20/h5-14,18,24-25,27,30H,15-17H2,1-4H3,(H,39,47)(H,40,50)(H,37,38,46)/t24?,25-,30+/m1/s1. The third-order valence-electron chi connectivity index (χ3n) is 8.03. The third-order valence-corrected chi connectivity index (χ3v) is 11.5. The van der Waals surface area contributed by atoms with E-state index in [2.05, 4.69) is 36.5 Å². The van der Waals surface area contributed by atoms with Crippen molar-refractivity contribution in [1.29, 1.82) is 0 Å². The Balaban J connectivity index is 1.27. The van der Waals surface area contributed by atoms with E-state index in [9.17, 15) is 24.0 Å². The Bertz CT molecular complexity index is 2050. The number of alkyl halides is 1. The molecule has 0 bridgehead atoms. The van der Waals surface area contributed by atoms with E-state index in [1.807, 2.05) is 60.7 Å². The van der Waals surface area contributed by atoms with Gasteiger partial charge in [0.05, 0.1) is 5.69 Å². The molecule has 288 valence electrons. The minimum absolute atomic E-state index is 0.0707. The number of β-lactam (4-membered cyclic amide) rings is 1. The highest BCUT2D eigenvalue weighted by molar-refractivity contribution is 8.01. The van der Waals surface area contributed by atoms with Crippen LogP contribution in [0.15, 0.2) is 82.5 Å². The molecule has 1 fully saturated rings. The Hall–Kier alpha value is -4.98. The first-order valence-corrected chi connectivity index (χ1v) is 20.2. The largest absolute Gasteiger partial charge is 0.448 e. The summed E-state index contributed by atoms with van der Waals surface area (Å²) in [6.07, 6.45) is -1.68. The Kier molecular flexibility index (Phi) is 12.4. The van der Waals surface area contributed by atoms with Gasteiger partial charge in [0.15, 0.2) is 17.3 Å². The summed E-state index contributed by atoms with van der Waals surface area (Å²) in [5.41, 5.74) is 1.37. The molecule has 3 N–H and O–H groups in total. The number of hydrogen-bond acceptors (Lipinski definition) is 14. The predicted molar refractivity (Wildman–Crippen MR) is 206 cm³/mol. The molecule has 6 rings (SSSR count). The molecule has 2 aliphatic rings. The van der Waals surface area contributed by atoms with Gasteiger partial charge in [-0.3, -0.25) is 19.3 Å². The molecule has 0 saturated carbocycles. The number of rotatable bonds is 13. The number of hydrogen-bond donors (Lipinski definition) is 3. The Morgan fingerprint density at radius 3 is 2.33 bits per heavy atom. The van der Waals surface area contributed by atoms with Crippen molar-refractivity contribution in [2.24, 2.45) is 7.05 Å². The normalized spacial score (nSPS) is 17.2. The number of halogens is 1. The average Bonchev–Trinajstić information content (AvgIpc) is 3.81. The minimum Gasteiger partial charge on any atom is -0.448 e. The molecule has 4 heterocycles. The van der Waals surface area contributed by atoms with Crippen LogP contribution in [0.1, 0.15) is 49.7 Å². The number of ether oxygens (including phenoxy) is 2. The highest BCUT2D eigenvalue weighted by atomic mass is 35.5. The number of carbonyl (C=O) groups is 5. The number of benzene rings is 2. The van der Waals surface area contributed by atoms with Gasteiger partial charge in [-0.2, -0.15) is 0 Å². The van der Waals surface area contributed by atoms with Crippen molar-refractivity contribution in [1.82, 2.24) is 40.7 Å². The van der Waals surface area contributed by atoms with Crippen molar-refractivity contribution in [3.63, 3.8) is 0 Å². The second-order valence-electron chi connectivity index (χ2n) is 13.2. The summed E-state index contributed by atoms with van der Waals surface area (Å²) in [4.78, 5) is 72.7. The number of alkyl carbamates (subject to hydrolysis) is 1. The number of nitrogens with one attached hydrogen (secondary N) is 3. The van der Waals surface area contributed by atoms with Gasteiger partial charge in [-0.05, 0) is 47.9 Å². The molecular formula is C35H36ClN9O7S3. The molecule has 2 aromatic heterocycles. The Morgan fingerprint density at radius 2 is 1.73 bits per heavy atom. The number of nitrogens with zero attached hydrogens (tertiary/aromatic N) is 6. The molecule has 1 saturated heterocycles. The van der Waals surface area contributed by atoms with E-state index < -0.39 is 58.9 Å². The molecule has 4 amide bonds. The van der Waals surface area contributed by atoms with Crippen molar-refractivity contribution in [2.45, 2.75) is 55.1 Å². The zero-order valence-corrected chi connectivity index (χ0v) is 33.1. The highest BCUT2D eigenvalue weighted by Crippen LogP contribution is 2.43. The minimum atomic E-state index is -1.41. The van der Waals surface area contributed by atoms with Crippen LogP contribution in [0.5, 0.6) is 0 Å². The van der Waals surface area contributed by atoms with Crippen LogP contribution in [0.3, 0.4) is 0 Å². The number of carbonyl (C=O) groups excluding carboxylic acids is 5. The van der Waals surface area contributed by atoms with Crippen LogP contribution in [0.2, 0.25) is 0 Å². The van der Waals surface area contributed by atoms with Gasteiger partial charge in [-0.25, -0.2) is 19.3 Å². The van der Waals surface area contributed by atoms with Gasteiger partial charge in [0, 0.05) is 23.9 Å². The Morgan fingerprint density at radius 1 is 1.05 bits per heavy atom. The predicted octanol–water partition coefficient (Wildman–Crippen LogP) is 4.19. The number of thiazole rings is 1. The highest BCUT2D eigenvalue weighted by Gasteiger charge is 2.55. The van der Waals surface area contributed by atoms with Crippen LogP contribution in [-0.2, 0) is 35.7 Å². The lowest BCUT2D eigenvalue weighted by Gasteiger charge is -2.50. The lowest BCUT2D eigenvalue weighted by molar-refractivity contribution is -0.154. The number of aryl methyl sites for hydroxylation is 1. The van der Waals surface area contributed by atoms with E-state index in [0.717, 1.165) is 22.5 Å². The molecule has 3 atom stereocenters. The van der Waals surface area contributed by atoms with Crippen LogP contribution >= 0.6 is 46.5 Å². The average molecular weight is 826 g/mol. The van der Waals surface area contributed by atoms with E-state index >= 15 is 0 Å². The summed E-state index contributed by atoms with van der Waals surface area (Å²) in [7, 11) is 1.70. The summed E-state index contributed by atoms with van der Waals surface area (Å²) in [5, 5.41) is 20.8. The smallest absolute Gasteiger partial charge is 0.408 e. The quantitative estimate of drug-likeness (QED) is 0.0752. The van der Waals surface area contributed by atoms with Crippen LogP contribution in [0, 0.1) is 0 Å². The molecule has 20 heteroatoms.